The van der Waals surface area contributed by atoms with Crippen LogP contribution in [0.4, 0.5) is 5.82 Å². The summed E-state index contributed by atoms with van der Waals surface area (Å²) in [5.74, 6) is 0.910. The summed E-state index contributed by atoms with van der Waals surface area (Å²) in [5.41, 5.74) is 1.63. The van der Waals surface area contributed by atoms with Gasteiger partial charge in [-0.1, -0.05) is 5.21 Å². The quantitative estimate of drug-likeness (QED) is 0.744. The van der Waals surface area contributed by atoms with E-state index in [9.17, 15) is 0 Å². The molecule has 0 radical (unpaired) electrons. The van der Waals surface area contributed by atoms with Crippen LogP contribution in [0.25, 0.3) is 11.2 Å². The zero-order chi connectivity index (χ0) is 12.5. The molecular weight excluding hydrogens is 230 g/mol. The molecule has 2 aromatic heterocycles. The van der Waals surface area contributed by atoms with Gasteiger partial charge >= 0.3 is 0 Å². The minimum absolute atomic E-state index is 0.774. The SMILES string of the molecule is CCn1nnc2c(N3CCN(C)CC3)ncnc21. The van der Waals surface area contributed by atoms with Crippen LogP contribution in [-0.2, 0) is 6.54 Å². The number of rotatable bonds is 2. The predicted molar refractivity (Wildman–Crippen MR) is 68.5 cm³/mol. The highest BCUT2D eigenvalue weighted by molar-refractivity contribution is 5.82. The summed E-state index contributed by atoms with van der Waals surface area (Å²) in [7, 11) is 2.14. The Kier molecular flexibility index (Phi) is 2.83. The highest BCUT2D eigenvalue weighted by Gasteiger charge is 2.20. The van der Waals surface area contributed by atoms with Crippen LogP contribution >= 0.6 is 0 Å². The first-order chi connectivity index (χ1) is 8.79. The number of aryl methyl sites for hydroxylation is 1. The van der Waals surface area contributed by atoms with Crippen molar-refractivity contribution in [3.8, 4) is 0 Å². The van der Waals surface area contributed by atoms with Gasteiger partial charge in [-0.2, -0.15) is 0 Å². The van der Waals surface area contributed by atoms with E-state index >= 15 is 0 Å². The largest absolute Gasteiger partial charge is 0.352 e. The molecule has 18 heavy (non-hydrogen) atoms. The lowest BCUT2D eigenvalue weighted by atomic mass is 10.3. The van der Waals surface area contributed by atoms with Crippen molar-refractivity contribution in [2.24, 2.45) is 0 Å². The third-order valence-electron chi connectivity index (χ3n) is 3.38. The third-order valence-corrected chi connectivity index (χ3v) is 3.38. The lowest BCUT2D eigenvalue weighted by Gasteiger charge is -2.32. The van der Waals surface area contributed by atoms with Gasteiger partial charge in [0.25, 0.3) is 0 Å². The number of fused-ring (bicyclic) bond motifs is 1. The first kappa shape index (κ1) is 11.3. The van der Waals surface area contributed by atoms with Crippen molar-refractivity contribution in [1.82, 2.24) is 29.9 Å². The van der Waals surface area contributed by atoms with E-state index in [1.807, 2.05) is 6.92 Å². The van der Waals surface area contributed by atoms with Gasteiger partial charge in [-0.15, -0.1) is 5.10 Å². The first-order valence-electron chi connectivity index (χ1n) is 6.27. The second-order valence-corrected chi connectivity index (χ2v) is 4.57. The Balaban J connectivity index is 1.99. The molecule has 0 spiro atoms. The maximum atomic E-state index is 4.38. The molecule has 0 saturated carbocycles. The van der Waals surface area contributed by atoms with Gasteiger partial charge in [-0.3, -0.25) is 0 Å². The number of aromatic nitrogens is 5. The van der Waals surface area contributed by atoms with Gasteiger partial charge in [0, 0.05) is 32.7 Å². The Labute approximate surface area is 105 Å². The lowest BCUT2D eigenvalue weighted by molar-refractivity contribution is 0.312. The van der Waals surface area contributed by atoms with Crippen LogP contribution in [0, 0.1) is 0 Å². The molecule has 1 fully saturated rings. The Bertz CT molecular complexity index is 541. The van der Waals surface area contributed by atoms with Crippen LogP contribution in [0.3, 0.4) is 0 Å². The lowest BCUT2D eigenvalue weighted by Crippen LogP contribution is -2.44. The zero-order valence-electron chi connectivity index (χ0n) is 10.7. The van der Waals surface area contributed by atoms with Gasteiger partial charge < -0.3 is 9.80 Å². The van der Waals surface area contributed by atoms with Gasteiger partial charge in [0.1, 0.15) is 6.33 Å². The summed E-state index contributed by atoms with van der Waals surface area (Å²) in [6.07, 6.45) is 1.60. The molecule has 1 saturated heterocycles. The van der Waals surface area contributed by atoms with Crippen LogP contribution in [0.1, 0.15) is 6.92 Å². The van der Waals surface area contributed by atoms with Crippen molar-refractivity contribution in [2.75, 3.05) is 38.1 Å². The van der Waals surface area contributed by atoms with Crippen molar-refractivity contribution < 1.29 is 0 Å². The number of anilines is 1. The van der Waals surface area contributed by atoms with Crippen LogP contribution in [0.15, 0.2) is 6.33 Å². The normalized spacial score (nSPS) is 17.6. The van der Waals surface area contributed by atoms with E-state index in [0.29, 0.717) is 0 Å². The molecule has 3 heterocycles. The van der Waals surface area contributed by atoms with E-state index in [0.717, 1.165) is 49.7 Å². The molecule has 2 aromatic rings. The highest BCUT2D eigenvalue weighted by Crippen LogP contribution is 2.21. The second-order valence-electron chi connectivity index (χ2n) is 4.57. The summed E-state index contributed by atoms with van der Waals surface area (Å²) >= 11 is 0. The molecule has 96 valence electrons. The maximum Gasteiger partial charge on any atom is 0.183 e. The molecule has 0 bridgehead atoms. The number of nitrogens with zero attached hydrogens (tertiary/aromatic N) is 7. The van der Waals surface area contributed by atoms with E-state index in [4.69, 9.17) is 0 Å². The van der Waals surface area contributed by atoms with Crippen molar-refractivity contribution >= 4 is 17.0 Å². The summed E-state index contributed by atoms with van der Waals surface area (Å²) in [6, 6.07) is 0. The van der Waals surface area contributed by atoms with E-state index in [2.05, 4.69) is 37.1 Å². The fourth-order valence-electron chi connectivity index (χ4n) is 2.24. The molecule has 7 nitrogen and oxygen atoms in total. The van der Waals surface area contributed by atoms with E-state index in [1.165, 1.54) is 0 Å². The van der Waals surface area contributed by atoms with Crippen molar-refractivity contribution in [3.05, 3.63) is 6.33 Å². The fourth-order valence-corrected chi connectivity index (χ4v) is 2.24. The Morgan fingerprint density at radius 1 is 1.17 bits per heavy atom. The molecule has 0 N–H and O–H groups in total. The Morgan fingerprint density at radius 2 is 1.94 bits per heavy atom. The van der Waals surface area contributed by atoms with Gasteiger partial charge in [0.2, 0.25) is 0 Å². The minimum atomic E-state index is 0.774. The van der Waals surface area contributed by atoms with Gasteiger partial charge in [0.15, 0.2) is 17.0 Å². The van der Waals surface area contributed by atoms with E-state index in [1.54, 1.807) is 11.0 Å². The predicted octanol–water partition coefficient (Wildman–Crippen LogP) is -0.00700. The van der Waals surface area contributed by atoms with Crippen LogP contribution in [0.2, 0.25) is 0 Å². The molecule has 0 atom stereocenters. The van der Waals surface area contributed by atoms with Crippen molar-refractivity contribution in [2.45, 2.75) is 13.5 Å². The average molecular weight is 247 g/mol. The average Bonchev–Trinajstić information content (AvgIpc) is 2.82. The van der Waals surface area contributed by atoms with Gasteiger partial charge in [-0.05, 0) is 14.0 Å². The maximum absolute atomic E-state index is 4.38. The molecule has 0 amide bonds. The van der Waals surface area contributed by atoms with Crippen LogP contribution < -0.4 is 4.90 Å². The standard InChI is InChI=1S/C11H17N7/c1-3-18-11-9(14-15-18)10(12-8-13-11)17-6-4-16(2)5-7-17/h8H,3-7H2,1-2H3. The summed E-state index contributed by atoms with van der Waals surface area (Å²) in [5, 5.41) is 8.33. The number of hydrogen-bond donors (Lipinski definition) is 0. The van der Waals surface area contributed by atoms with Crippen LogP contribution in [0.5, 0.6) is 0 Å². The molecule has 3 rings (SSSR count). The van der Waals surface area contributed by atoms with E-state index in [-0.39, 0.29) is 0 Å². The summed E-state index contributed by atoms with van der Waals surface area (Å²) < 4.78 is 1.80. The summed E-state index contributed by atoms with van der Waals surface area (Å²) in [6.45, 7) is 6.85. The van der Waals surface area contributed by atoms with Gasteiger partial charge in [0.05, 0.1) is 0 Å². The van der Waals surface area contributed by atoms with E-state index < -0.39 is 0 Å². The molecule has 7 heteroatoms. The number of piperazine rings is 1. The smallest absolute Gasteiger partial charge is 0.183 e. The second kappa shape index (κ2) is 4.49. The number of likely N-dealkylation sites (N-methyl/N-ethyl adjacent to an activating group) is 1. The highest BCUT2D eigenvalue weighted by atomic mass is 15.4. The van der Waals surface area contributed by atoms with Gasteiger partial charge in [-0.25, -0.2) is 14.6 Å². The first-order valence-corrected chi connectivity index (χ1v) is 6.27. The molecule has 1 aliphatic heterocycles. The minimum Gasteiger partial charge on any atom is -0.352 e. The zero-order valence-corrected chi connectivity index (χ0v) is 10.7. The molecule has 0 aromatic carbocycles. The van der Waals surface area contributed by atoms with Crippen LogP contribution in [-0.4, -0.2) is 63.1 Å². The topological polar surface area (TPSA) is 63.0 Å². The molecule has 0 aliphatic carbocycles. The van der Waals surface area contributed by atoms with Crippen molar-refractivity contribution in [1.29, 1.82) is 0 Å². The summed E-state index contributed by atoms with van der Waals surface area (Å²) in [4.78, 5) is 13.2. The third kappa shape index (κ3) is 1.80. The molecule has 1 aliphatic rings. The monoisotopic (exact) mass is 247 g/mol. The van der Waals surface area contributed by atoms with Crippen molar-refractivity contribution in [3.63, 3.8) is 0 Å². The number of hydrogen-bond acceptors (Lipinski definition) is 6. The molecular formula is C11H17N7. The molecule has 0 unspecified atom stereocenters. The fraction of sp³-hybridized carbons (Fsp3) is 0.636. The Hall–Kier alpha value is -1.76. The Morgan fingerprint density at radius 3 is 2.67 bits per heavy atom.